The van der Waals surface area contributed by atoms with Crippen LogP contribution in [0.1, 0.15) is 65.6 Å². The van der Waals surface area contributed by atoms with E-state index in [0.29, 0.717) is 113 Å². The highest BCUT2D eigenvalue weighted by Crippen LogP contribution is 2.28. The second-order valence-electron chi connectivity index (χ2n) is 21.5. The molecule has 15 rings (SSSR count). The molecule has 19 heteroatoms. The Morgan fingerprint density at radius 2 is 0.988 bits per heavy atom. The van der Waals surface area contributed by atoms with E-state index in [0.717, 1.165) is 66.7 Å². The van der Waals surface area contributed by atoms with E-state index >= 15 is 0 Å². The van der Waals surface area contributed by atoms with Crippen molar-refractivity contribution in [3.8, 4) is 17.6 Å². The van der Waals surface area contributed by atoms with Crippen molar-refractivity contribution >= 4 is 45.2 Å². The van der Waals surface area contributed by atoms with Crippen LogP contribution in [0.25, 0.3) is 21.8 Å². The molecule has 4 aliphatic rings. The summed E-state index contributed by atoms with van der Waals surface area (Å²) in [6.07, 6.45) is 3.69. The predicted molar refractivity (Wildman–Crippen MR) is 322 cm³/mol. The van der Waals surface area contributed by atoms with Gasteiger partial charge in [0.25, 0.3) is 17.7 Å². The molecular formula is C67H61FN12O6. The first kappa shape index (κ1) is 54.7. The van der Waals surface area contributed by atoms with Crippen LogP contribution in [0.2, 0.25) is 0 Å². The zero-order valence-corrected chi connectivity index (χ0v) is 47.3. The number of aliphatic imine (C=N–C) groups is 1. The number of ether oxygens (including phenoxy) is 3. The van der Waals surface area contributed by atoms with E-state index in [1.807, 2.05) is 204 Å². The van der Waals surface area contributed by atoms with Gasteiger partial charge in [-0.3, -0.25) is 33.4 Å². The molecule has 18 nitrogen and oxygen atoms in total. The lowest BCUT2D eigenvalue weighted by Crippen LogP contribution is -2.41. The summed E-state index contributed by atoms with van der Waals surface area (Å²) in [7, 11) is 1.95. The van der Waals surface area contributed by atoms with E-state index in [9.17, 15) is 18.8 Å². The minimum atomic E-state index is -0.289. The molecule has 0 radical (unpaired) electrons. The van der Waals surface area contributed by atoms with Crippen molar-refractivity contribution < 1.29 is 33.0 Å². The van der Waals surface area contributed by atoms with Gasteiger partial charge in [0.2, 0.25) is 17.6 Å². The highest BCUT2D eigenvalue weighted by molar-refractivity contribution is 6.46. The van der Waals surface area contributed by atoms with Crippen molar-refractivity contribution in [3.05, 3.63) is 250 Å². The van der Waals surface area contributed by atoms with Crippen molar-refractivity contribution in [1.82, 2.24) is 53.6 Å². The minimum absolute atomic E-state index is 0.0100. The molecule has 9 heterocycles. The summed E-state index contributed by atoms with van der Waals surface area (Å²) in [5.41, 5.74) is 11.9. The number of H-pyrrole nitrogens is 1. The van der Waals surface area contributed by atoms with Gasteiger partial charge in [-0.25, -0.2) is 4.39 Å². The number of nitrogens with one attached hydrogen (secondary N) is 1. The Kier molecular flexibility index (Phi) is 15.5. The average Bonchev–Trinajstić information content (AvgIpc) is 3.68. The van der Waals surface area contributed by atoms with E-state index in [1.165, 1.54) is 12.1 Å². The van der Waals surface area contributed by atoms with Crippen LogP contribution in [-0.2, 0) is 77.5 Å². The number of aryl methyl sites for hydroxylation is 1. The van der Waals surface area contributed by atoms with Crippen molar-refractivity contribution in [3.63, 3.8) is 0 Å². The van der Waals surface area contributed by atoms with E-state index in [4.69, 9.17) is 14.2 Å². The predicted octanol–water partition coefficient (Wildman–Crippen LogP) is 10.2. The third-order valence-corrected chi connectivity index (χ3v) is 15.8. The number of carbonyl (C=O) groups excluding carboxylic acids is 3. The van der Waals surface area contributed by atoms with Crippen LogP contribution in [0.15, 0.2) is 193 Å². The largest absolute Gasteiger partial charge is 0.472 e. The molecule has 0 bridgehead atoms. The number of fused-ring (bicyclic) bond motifs is 6. The molecule has 5 aromatic heterocycles. The van der Waals surface area contributed by atoms with Crippen molar-refractivity contribution in [2.24, 2.45) is 12.0 Å². The monoisotopic (exact) mass is 1150 g/mol. The quantitative estimate of drug-likeness (QED) is 0.125. The highest BCUT2D eigenvalue weighted by atomic mass is 19.1. The summed E-state index contributed by atoms with van der Waals surface area (Å²) in [5, 5.41) is 15.4. The third-order valence-electron chi connectivity index (χ3n) is 15.8. The number of aromatic nitrogens is 8. The van der Waals surface area contributed by atoms with E-state index in [1.54, 1.807) is 12.3 Å². The van der Waals surface area contributed by atoms with Crippen molar-refractivity contribution in [1.29, 1.82) is 0 Å². The molecule has 0 aliphatic carbocycles. The Balaban J connectivity index is 0.000000120. The number of hydrogen-bond donors (Lipinski definition) is 1. The normalized spacial score (nSPS) is 14.0. The van der Waals surface area contributed by atoms with Crippen LogP contribution in [0.5, 0.6) is 17.6 Å². The number of rotatable bonds is 12. The number of amides is 3. The number of carbonyl (C=O) groups is 3. The molecule has 432 valence electrons. The van der Waals surface area contributed by atoms with Crippen molar-refractivity contribution in [2.45, 2.75) is 65.6 Å². The van der Waals surface area contributed by atoms with Gasteiger partial charge in [0.1, 0.15) is 31.3 Å². The van der Waals surface area contributed by atoms with Crippen LogP contribution < -0.4 is 14.2 Å². The molecule has 0 atom stereocenters. The smallest absolute Gasteiger partial charge is 0.273 e. The van der Waals surface area contributed by atoms with E-state index in [2.05, 4.69) is 25.3 Å². The Labute approximate surface area is 494 Å². The molecule has 0 spiro atoms. The van der Waals surface area contributed by atoms with Gasteiger partial charge in [-0.15, -0.1) is 15.3 Å². The Morgan fingerprint density at radius 1 is 0.500 bits per heavy atom. The maximum absolute atomic E-state index is 13.3. The summed E-state index contributed by atoms with van der Waals surface area (Å²) in [6.45, 7) is 7.06. The lowest BCUT2D eigenvalue weighted by Gasteiger charge is -2.27. The van der Waals surface area contributed by atoms with Gasteiger partial charge in [-0.2, -0.15) is 0 Å². The van der Waals surface area contributed by atoms with Gasteiger partial charge in [-0.1, -0.05) is 133 Å². The number of benzene rings is 6. The first-order chi connectivity index (χ1) is 42.1. The van der Waals surface area contributed by atoms with Gasteiger partial charge in [-0.05, 0) is 46.5 Å². The van der Waals surface area contributed by atoms with Crippen LogP contribution >= 0.6 is 0 Å². The number of hydrogen-bond acceptors (Lipinski definition) is 10. The SMILES string of the molecule is Cn1cc(C(=O)N2CCn3nc(OCc4cccc(F)c4)cc3C2)c2ccccc21.O=C(C1=NCc2ccccc21)N1CCn2nc(OCc3ccccc3)cc2C1.O=C(c1c[nH]c2ccccc12)N1CCn2nc(OCc3ccccc3)cc2C1. The molecule has 0 saturated carbocycles. The molecule has 3 amide bonds. The highest BCUT2D eigenvalue weighted by Gasteiger charge is 2.31. The molecule has 4 aliphatic heterocycles. The average molecular weight is 1150 g/mol. The second-order valence-corrected chi connectivity index (χ2v) is 21.5. The fraction of sp³-hybridized carbons (Fsp3) is 0.209. The standard InChI is InChI=1S/C23H21FN4O2.2C22H20N4O2/c1-26-14-20(19-7-2-3-8-21(19)26)23(29)27-9-10-28-18(13-27)12-22(25-28)30-15-16-5-4-6-17(24)11-16;27-22(19-13-23-20-9-5-4-8-18(19)20)25-10-11-26-17(14-25)12-21(24-26)28-15-16-6-2-1-3-7-16;27-22(21-19-9-5-4-8-17(19)13-23-21)25-10-11-26-18(14-25)12-20(24-26)28-15-16-6-2-1-3-7-16/h2-8,11-12,14H,9-10,13,15H2,1H3;1-9,12-13,23H,10-11,14-15H2;1-9,12H,10-11,13-15H2. The molecule has 0 fully saturated rings. The Bertz CT molecular complexity index is 4300. The van der Waals surface area contributed by atoms with Gasteiger partial charge in [0.15, 0.2) is 0 Å². The van der Waals surface area contributed by atoms with Gasteiger partial charge >= 0.3 is 0 Å². The summed E-state index contributed by atoms with van der Waals surface area (Å²) in [5.74, 6) is 1.43. The Morgan fingerprint density at radius 3 is 1.58 bits per heavy atom. The number of nitrogens with zero attached hydrogens (tertiary/aromatic N) is 11. The third kappa shape index (κ3) is 11.8. The number of halogens is 1. The van der Waals surface area contributed by atoms with E-state index in [-0.39, 0.29) is 30.1 Å². The fourth-order valence-electron chi connectivity index (χ4n) is 11.3. The Hall–Kier alpha value is -10.6. The molecule has 0 unspecified atom stereocenters. The first-order valence-electron chi connectivity index (χ1n) is 28.7. The molecule has 0 saturated heterocycles. The maximum atomic E-state index is 13.3. The number of para-hydroxylation sites is 2. The van der Waals surface area contributed by atoms with Gasteiger partial charge < -0.3 is 38.5 Å². The molecule has 11 aromatic rings. The van der Waals surface area contributed by atoms with Crippen LogP contribution in [0.4, 0.5) is 4.39 Å². The van der Waals surface area contributed by atoms with E-state index < -0.39 is 0 Å². The second kappa shape index (κ2) is 24.3. The van der Waals surface area contributed by atoms with Crippen LogP contribution in [0, 0.1) is 5.82 Å². The van der Waals surface area contributed by atoms with Crippen molar-refractivity contribution in [2.75, 3.05) is 19.6 Å². The van der Waals surface area contributed by atoms with Gasteiger partial charge in [0, 0.05) is 84.6 Å². The number of aromatic amines is 1. The molecular weight excluding hydrogens is 1090 g/mol. The lowest BCUT2D eigenvalue weighted by atomic mass is 10.0. The summed E-state index contributed by atoms with van der Waals surface area (Å²) < 4.78 is 38.4. The molecule has 6 aromatic carbocycles. The fourth-order valence-corrected chi connectivity index (χ4v) is 11.3. The van der Waals surface area contributed by atoms with Gasteiger partial charge in [0.05, 0.1) is 74.0 Å². The zero-order chi connectivity index (χ0) is 58.5. The summed E-state index contributed by atoms with van der Waals surface area (Å²) >= 11 is 0. The lowest BCUT2D eigenvalue weighted by molar-refractivity contribution is -0.125. The summed E-state index contributed by atoms with van der Waals surface area (Å²) in [6, 6.07) is 55.8. The summed E-state index contributed by atoms with van der Waals surface area (Å²) in [4.78, 5) is 52.5. The zero-order valence-electron chi connectivity index (χ0n) is 47.3. The molecule has 86 heavy (non-hydrogen) atoms. The van der Waals surface area contributed by atoms with Crippen LogP contribution in [0.3, 0.4) is 0 Å². The maximum Gasteiger partial charge on any atom is 0.273 e. The first-order valence-corrected chi connectivity index (χ1v) is 28.7. The topological polar surface area (TPSA) is 175 Å². The van der Waals surface area contributed by atoms with Crippen LogP contribution in [-0.4, -0.2) is 96.7 Å². The minimum Gasteiger partial charge on any atom is -0.472 e. The molecule has 1 N–H and O–H groups in total.